The van der Waals surface area contributed by atoms with E-state index in [4.69, 9.17) is 9.78 Å². The van der Waals surface area contributed by atoms with Crippen LogP contribution in [0.15, 0.2) is 10.9 Å². The fourth-order valence-corrected chi connectivity index (χ4v) is 1.31. The predicted octanol–water partition coefficient (Wildman–Crippen LogP) is 0.803. The molecule has 76 valence electrons. The first kappa shape index (κ1) is 9.40. The zero-order chi connectivity index (χ0) is 10.8. The molecule has 0 atom stereocenters. The van der Waals surface area contributed by atoms with E-state index in [9.17, 15) is 0 Å². The van der Waals surface area contributed by atoms with E-state index in [1.807, 2.05) is 19.9 Å². The van der Waals surface area contributed by atoms with Gasteiger partial charge in [-0.1, -0.05) is 5.16 Å². The van der Waals surface area contributed by atoms with Crippen LogP contribution in [-0.4, -0.2) is 19.9 Å². The predicted molar refractivity (Wildman–Crippen MR) is 49.8 cm³/mol. The van der Waals surface area contributed by atoms with Crippen molar-refractivity contribution in [3.05, 3.63) is 29.2 Å². The van der Waals surface area contributed by atoms with Crippen LogP contribution in [0, 0.1) is 25.2 Å². The molecule has 2 heterocycles. The summed E-state index contributed by atoms with van der Waals surface area (Å²) in [6.07, 6.45) is 1.52. The van der Waals surface area contributed by atoms with E-state index in [0.717, 1.165) is 17.0 Å². The SMILES string of the molecule is Cc1noc(C)c1Cn1cnc(C#N)n1. The smallest absolute Gasteiger partial charge is 0.252 e. The summed E-state index contributed by atoms with van der Waals surface area (Å²) in [6, 6.07) is 1.87. The third kappa shape index (κ3) is 1.72. The molecule has 0 N–H and O–H groups in total. The topological polar surface area (TPSA) is 80.5 Å². The molecular formula is C9H9N5O. The zero-order valence-corrected chi connectivity index (χ0v) is 8.43. The molecule has 0 radical (unpaired) electrons. The van der Waals surface area contributed by atoms with Gasteiger partial charge in [-0.25, -0.2) is 9.67 Å². The Kier molecular flexibility index (Phi) is 2.21. The van der Waals surface area contributed by atoms with Crippen LogP contribution in [0.25, 0.3) is 0 Å². The Labute approximate surface area is 86.1 Å². The molecule has 0 spiro atoms. The van der Waals surface area contributed by atoms with Crippen molar-refractivity contribution in [3.63, 3.8) is 0 Å². The standard InChI is InChI=1S/C9H9N5O/c1-6-8(7(2)15-13-6)4-14-5-11-9(3-10)12-14/h5H,4H2,1-2H3. The molecule has 2 aromatic rings. The van der Waals surface area contributed by atoms with Gasteiger partial charge in [-0.3, -0.25) is 0 Å². The van der Waals surface area contributed by atoms with Crippen molar-refractivity contribution in [1.82, 2.24) is 19.9 Å². The maximum Gasteiger partial charge on any atom is 0.252 e. The van der Waals surface area contributed by atoms with Gasteiger partial charge in [0.25, 0.3) is 5.82 Å². The summed E-state index contributed by atoms with van der Waals surface area (Å²) >= 11 is 0. The lowest BCUT2D eigenvalue weighted by atomic mass is 10.2. The Hall–Kier alpha value is -2.16. The monoisotopic (exact) mass is 203 g/mol. The first-order valence-corrected chi connectivity index (χ1v) is 4.42. The van der Waals surface area contributed by atoms with Gasteiger partial charge < -0.3 is 4.52 Å². The third-order valence-electron chi connectivity index (χ3n) is 2.14. The first-order chi connectivity index (χ1) is 7.20. The van der Waals surface area contributed by atoms with Gasteiger partial charge in [-0.15, -0.1) is 5.10 Å². The van der Waals surface area contributed by atoms with Gasteiger partial charge >= 0.3 is 0 Å². The summed E-state index contributed by atoms with van der Waals surface area (Å²) in [5.74, 6) is 0.934. The van der Waals surface area contributed by atoms with E-state index in [2.05, 4.69) is 15.2 Å². The second-order valence-corrected chi connectivity index (χ2v) is 3.18. The van der Waals surface area contributed by atoms with Crippen molar-refractivity contribution in [3.8, 4) is 6.07 Å². The highest BCUT2D eigenvalue weighted by atomic mass is 16.5. The highest BCUT2D eigenvalue weighted by Crippen LogP contribution is 2.12. The fourth-order valence-electron chi connectivity index (χ4n) is 1.31. The average molecular weight is 203 g/mol. The minimum Gasteiger partial charge on any atom is -0.361 e. The van der Waals surface area contributed by atoms with Gasteiger partial charge in [0.1, 0.15) is 18.2 Å². The summed E-state index contributed by atoms with van der Waals surface area (Å²) in [4.78, 5) is 3.81. The van der Waals surface area contributed by atoms with Crippen LogP contribution in [0.4, 0.5) is 0 Å². The quantitative estimate of drug-likeness (QED) is 0.721. The normalized spacial score (nSPS) is 10.2. The fraction of sp³-hybridized carbons (Fsp3) is 0.333. The van der Waals surface area contributed by atoms with Gasteiger partial charge in [-0.05, 0) is 13.8 Å². The second kappa shape index (κ2) is 3.53. The van der Waals surface area contributed by atoms with Gasteiger partial charge in [0.2, 0.25) is 0 Å². The molecule has 15 heavy (non-hydrogen) atoms. The lowest BCUT2D eigenvalue weighted by Crippen LogP contribution is -2.02. The van der Waals surface area contributed by atoms with E-state index < -0.39 is 0 Å². The molecule has 2 rings (SSSR count). The number of nitriles is 1. The maximum atomic E-state index is 8.57. The summed E-state index contributed by atoms with van der Waals surface area (Å²) in [7, 11) is 0. The number of rotatable bonds is 2. The van der Waals surface area contributed by atoms with Crippen LogP contribution in [0.5, 0.6) is 0 Å². The molecule has 0 saturated heterocycles. The summed E-state index contributed by atoms with van der Waals surface area (Å²) in [5.41, 5.74) is 1.81. The van der Waals surface area contributed by atoms with Gasteiger partial charge in [0, 0.05) is 5.56 Å². The Morgan fingerprint density at radius 2 is 2.33 bits per heavy atom. The van der Waals surface area contributed by atoms with Gasteiger partial charge in [0.05, 0.1) is 12.2 Å². The Morgan fingerprint density at radius 1 is 1.53 bits per heavy atom. The maximum absolute atomic E-state index is 8.57. The summed E-state index contributed by atoms with van der Waals surface area (Å²) in [6.45, 7) is 4.24. The zero-order valence-electron chi connectivity index (χ0n) is 8.43. The minimum absolute atomic E-state index is 0.168. The number of nitrogens with zero attached hydrogens (tertiary/aromatic N) is 5. The van der Waals surface area contributed by atoms with E-state index in [-0.39, 0.29) is 5.82 Å². The van der Waals surface area contributed by atoms with E-state index in [1.54, 1.807) is 4.68 Å². The summed E-state index contributed by atoms with van der Waals surface area (Å²) < 4.78 is 6.61. The molecule has 0 bridgehead atoms. The van der Waals surface area contributed by atoms with Crippen LogP contribution in [0.3, 0.4) is 0 Å². The highest BCUT2D eigenvalue weighted by molar-refractivity contribution is 5.20. The molecule has 6 nitrogen and oxygen atoms in total. The summed E-state index contributed by atoms with van der Waals surface area (Å²) in [5, 5.41) is 16.4. The van der Waals surface area contributed by atoms with Crippen LogP contribution < -0.4 is 0 Å². The second-order valence-electron chi connectivity index (χ2n) is 3.18. The van der Waals surface area contributed by atoms with Gasteiger partial charge in [-0.2, -0.15) is 5.26 Å². The van der Waals surface area contributed by atoms with E-state index in [1.165, 1.54) is 6.33 Å². The molecule has 0 aliphatic heterocycles. The number of aromatic nitrogens is 4. The van der Waals surface area contributed by atoms with Crippen molar-refractivity contribution in [1.29, 1.82) is 5.26 Å². The molecule has 0 aliphatic carbocycles. The van der Waals surface area contributed by atoms with Crippen LogP contribution in [0.2, 0.25) is 0 Å². The van der Waals surface area contributed by atoms with E-state index in [0.29, 0.717) is 6.54 Å². The third-order valence-corrected chi connectivity index (χ3v) is 2.14. The van der Waals surface area contributed by atoms with Crippen molar-refractivity contribution in [2.24, 2.45) is 0 Å². The minimum atomic E-state index is 0.168. The molecule has 0 amide bonds. The van der Waals surface area contributed by atoms with Crippen molar-refractivity contribution < 1.29 is 4.52 Å². The lowest BCUT2D eigenvalue weighted by Gasteiger charge is -1.98. The van der Waals surface area contributed by atoms with Crippen LogP contribution in [-0.2, 0) is 6.54 Å². The molecule has 0 fully saturated rings. The molecule has 0 unspecified atom stereocenters. The van der Waals surface area contributed by atoms with E-state index >= 15 is 0 Å². The number of hydrogen-bond donors (Lipinski definition) is 0. The Balaban J connectivity index is 2.26. The Morgan fingerprint density at radius 3 is 2.87 bits per heavy atom. The molecule has 6 heteroatoms. The number of aryl methyl sites for hydroxylation is 2. The molecule has 0 saturated carbocycles. The Bertz CT molecular complexity index is 499. The molecule has 0 aromatic carbocycles. The highest BCUT2D eigenvalue weighted by Gasteiger charge is 2.10. The molecular weight excluding hydrogens is 194 g/mol. The largest absolute Gasteiger partial charge is 0.361 e. The lowest BCUT2D eigenvalue weighted by molar-refractivity contribution is 0.391. The van der Waals surface area contributed by atoms with Crippen molar-refractivity contribution in [2.45, 2.75) is 20.4 Å². The van der Waals surface area contributed by atoms with Crippen LogP contribution in [0.1, 0.15) is 22.8 Å². The van der Waals surface area contributed by atoms with Gasteiger partial charge in [0.15, 0.2) is 0 Å². The molecule has 0 aliphatic rings. The van der Waals surface area contributed by atoms with Crippen molar-refractivity contribution >= 4 is 0 Å². The number of hydrogen-bond acceptors (Lipinski definition) is 5. The first-order valence-electron chi connectivity index (χ1n) is 4.42. The molecule has 2 aromatic heterocycles. The van der Waals surface area contributed by atoms with Crippen molar-refractivity contribution in [2.75, 3.05) is 0 Å². The average Bonchev–Trinajstić information content (AvgIpc) is 2.80. The van der Waals surface area contributed by atoms with Crippen LogP contribution >= 0.6 is 0 Å².